The topological polar surface area (TPSA) is 51.5 Å². The number of furan rings is 1. The lowest BCUT2D eigenvalue weighted by atomic mass is 9.98. The summed E-state index contributed by atoms with van der Waals surface area (Å²) in [5, 5.41) is 4.07. The standard InChI is InChI=1S/C29H27NO3/c1-5-32-28-19(4)29-26(18(3)16-33-29)15-25(28)17(2)12-27(31)30-22-10-11-24-21(14-22)13-20-8-6-7-9-23(20)24/h6-12,14-16H,5,13H2,1-4H3,(H,30,31)/b17-12+. The summed E-state index contributed by atoms with van der Waals surface area (Å²) in [5.74, 6) is 0.600. The van der Waals surface area contributed by atoms with Gasteiger partial charge in [0, 0.05) is 28.3 Å². The van der Waals surface area contributed by atoms with Crippen molar-refractivity contribution in [2.45, 2.75) is 34.1 Å². The van der Waals surface area contributed by atoms with Gasteiger partial charge in [-0.25, -0.2) is 0 Å². The van der Waals surface area contributed by atoms with Crippen molar-refractivity contribution in [1.82, 2.24) is 0 Å². The third-order valence-electron chi connectivity index (χ3n) is 6.36. The number of benzene rings is 3. The molecule has 0 saturated heterocycles. The predicted molar refractivity (Wildman–Crippen MR) is 134 cm³/mol. The molecule has 5 rings (SSSR count). The number of carbonyl (C=O) groups is 1. The summed E-state index contributed by atoms with van der Waals surface area (Å²) >= 11 is 0. The van der Waals surface area contributed by atoms with E-state index in [1.165, 1.54) is 22.3 Å². The van der Waals surface area contributed by atoms with E-state index < -0.39 is 0 Å². The molecule has 1 aliphatic rings. The first-order valence-corrected chi connectivity index (χ1v) is 11.3. The second kappa shape index (κ2) is 8.28. The molecule has 4 aromatic rings. The Balaban J connectivity index is 1.43. The van der Waals surface area contributed by atoms with Gasteiger partial charge in [-0.1, -0.05) is 30.3 Å². The van der Waals surface area contributed by atoms with Crippen molar-refractivity contribution in [2.24, 2.45) is 0 Å². The number of hydrogen-bond donors (Lipinski definition) is 1. The van der Waals surface area contributed by atoms with E-state index in [4.69, 9.17) is 9.15 Å². The lowest BCUT2D eigenvalue weighted by molar-refractivity contribution is -0.111. The molecule has 1 heterocycles. The SMILES string of the molecule is CCOc1c(/C(C)=C/C(=O)Nc2ccc3c(c2)Cc2ccccc2-3)cc2c(C)coc2c1C. The summed E-state index contributed by atoms with van der Waals surface area (Å²) in [6, 6.07) is 16.7. The van der Waals surface area contributed by atoms with E-state index in [2.05, 4.69) is 47.8 Å². The Hall–Kier alpha value is -3.79. The summed E-state index contributed by atoms with van der Waals surface area (Å²) in [7, 11) is 0. The maximum atomic E-state index is 12.9. The van der Waals surface area contributed by atoms with Crippen LogP contribution in [0.2, 0.25) is 0 Å². The minimum Gasteiger partial charge on any atom is -0.493 e. The Labute approximate surface area is 193 Å². The number of amides is 1. The highest BCUT2D eigenvalue weighted by Gasteiger charge is 2.19. The fourth-order valence-electron chi connectivity index (χ4n) is 4.74. The van der Waals surface area contributed by atoms with Crippen LogP contribution in [0.25, 0.3) is 27.7 Å². The largest absolute Gasteiger partial charge is 0.493 e. The Kier molecular flexibility index (Phi) is 5.29. The van der Waals surface area contributed by atoms with Gasteiger partial charge in [-0.05, 0) is 85.7 Å². The number of allylic oxidation sites excluding steroid dienone is 1. The number of carbonyl (C=O) groups excluding carboxylic acids is 1. The first kappa shape index (κ1) is 21.1. The number of rotatable bonds is 5. The van der Waals surface area contributed by atoms with Crippen molar-refractivity contribution in [2.75, 3.05) is 11.9 Å². The lowest BCUT2D eigenvalue weighted by Crippen LogP contribution is -2.09. The van der Waals surface area contributed by atoms with Crippen LogP contribution in [-0.2, 0) is 11.2 Å². The number of hydrogen-bond acceptors (Lipinski definition) is 3. The molecule has 0 radical (unpaired) electrons. The molecule has 0 fully saturated rings. The van der Waals surface area contributed by atoms with Gasteiger partial charge >= 0.3 is 0 Å². The van der Waals surface area contributed by atoms with Gasteiger partial charge < -0.3 is 14.5 Å². The molecule has 0 aliphatic heterocycles. The fraction of sp³-hybridized carbons (Fsp3) is 0.207. The summed E-state index contributed by atoms with van der Waals surface area (Å²) in [6.07, 6.45) is 4.29. The minimum absolute atomic E-state index is 0.160. The second-order valence-electron chi connectivity index (χ2n) is 8.63. The molecule has 1 N–H and O–H groups in total. The Bertz CT molecular complexity index is 1420. The zero-order chi connectivity index (χ0) is 23.1. The van der Waals surface area contributed by atoms with Crippen LogP contribution in [0.15, 0.2) is 65.3 Å². The smallest absolute Gasteiger partial charge is 0.248 e. The second-order valence-corrected chi connectivity index (χ2v) is 8.63. The molecular formula is C29H27NO3. The van der Waals surface area contributed by atoms with Crippen LogP contribution >= 0.6 is 0 Å². The molecule has 0 saturated carbocycles. The molecule has 1 aromatic heterocycles. The van der Waals surface area contributed by atoms with E-state index >= 15 is 0 Å². The van der Waals surface area contributed by atoms with Crippen LogP contribution in [0.1, 0.15) is 41.7 Å². The summed E-state index contributed by atoms with van der Waals surface area (Å²) in [4.78, 5) is 12.9. The van der Waals surface area contributed by atoms with Crippen LogP contribution in [0.4, 0.5) is 5.69 Å². The molecular weight excluding hydrogens is 410 g/mol. The maximum Gasteiger partial charge on any atom is 0.248 e. The highest BCUT2D eigenvalue weighted by Crippen LogP contribution is 2.39. The van der Waals surface area contributed by atoms with Crippen LogP contribution in [-0.4, -0.2) is 12.5 Å². The van der Waals surface area contributed by atoms with Crippen molar-refractivity contribution in [3.05, 3.63) is 88.7 Å². The Morgan fingerprint density at radius 2 is 1.88 bits per heavy atom. The van der Waals surface area contributed by atoms with Gasteiger partial charge in [0.25, 0.3) is 0 Å². The molecule has 4 heteroatoms. The van der Waals surface area contributed by atoms with Gasteiger partial charge in [0.15, 0.2) is 0 Å². The average molecular weight is 438 g/mol. The third kappa shape index (κ3) is 3.72. The van der Waals surface area contributed by atoms with Gasteiger partial charge in [0.1, 0.15) is 11.3 Å². The van der Waals surface area contributed by atoms with Crippen molar-refractivity contribution < 1.29 is 13.9 Å². The van der Waals surface area contributed by atoms with Gasteiger partial charge in [0.05, 0.1) is 12.9 Å². The summed E-state index contributed by atoms with van der Waals surface area (Å²) in [6.45, 7) is 8.45. The molecule has 0 spiro atoms. The van der Waals surface area contributed by atoms with Gasteiger partial charge in [-0.2, -0.15) is 0 Å². The van der Waals surface area contributed by atoms with Crippen LogP contribution in [0, 0.1) is 13.8 Å². The molecule has 1 aliphatic carbocycles. The molecule has 1 amide bonds. The van der Waals surface area contributed by atoms with Crippen molar-refractivity contribution >= 4 is 28.1 Å². The first-order chi connectivity index (χ1) is 16.0. The Morgan fingerprint density at radius 3 is 2.70 bits per heavy atom. The fourth-order valence-corrected chi connectivity index (χ4v) is 4.74. The molecule has 3 aromatic carbocycles. The van der Waals surface area contributed by atoms with E-state index in [0.717, 1.165) is 51.1 Å². The molecule has 166 valence electrons. The number of nitrogens with one attached hydrogen (secondary N) is 1. The van der Waals surface area contributed by atoms with Gasteiger partial charge in [0.2, 0.25) is 5.91 Å². The van der Waals surface area contributed by atoms with E-state index in [-0.39, 0.29) is 5.91 Å². The highest BCUT2D eigenvalue weighted by atomic mass is 16.5. The monoisotopic (exact) mass is 437 g/mol. The zero-order valence-electron chi connectivity index (χ0n) is 19.4. The van der Waals surface area contributed by atoms with Crippen molar-refractivity contribution in [3.8, 4) is 16.9 Å². The third-order valence-corrected chi connectivity index (χ3v) is 6.36. The van der Waals surface area contributed by atoms with Crippen LogP contribution in [0.5, 0.6) is 5.75 Å². The summed E-state index contributed by atoms with van der Waals surface area (Å²) < 4.78 is 11.7. The van der Waals surface area contributed by atoms with E-state index in [1.807, 2.05) is 33.8 Å². The predicted octanol–water partition coefficient (Wildman–Crippen LogP) is 7.06. The first-order valence-electron chi connectivity index (χ1n) is 11.3. The van der Waals surface area contributed by atoms with Crippen molar-refractivity contribution in [3.63, 3.8) is 0 Å². The molecule has 0 unspecified atom stereocenters. The normalized spacial score (nSPS) is 12.5. The molecule has 0 bridgehead atoms. The van der Waals surface area contributed by atoms with E-state index in [1.54, 1.807) is 12.3 Å². The lowest BCUT2D eigenvalue weighted by Gasteiger charge is -2.14. The van der Waals surface area contributed by atoms with Crippen LogP contribution < -0.4 is 10.1 Å². The molecule has 33 heavy (non-hydrogen) atoms. The minimum atomic E-state index is -0.160. The number of aryl methyl sites for hydroxylation is 2. The quantitative estimate of drug-likeness (QED) is 0.299. The zero-order valence-corrected chi connectivity index (χ0v) is 19.4. The number of fused-ring (bicyclic) bond motifs is 4. The highest BCUT2D eigenvalue weighted by molar-refractivity contribution is 6.05. The van der Waals surface area contributed by atoms with Crippen molar-refractivity contribution in [1.29, 1.82) is 0 Å². The molecule has 4 nitrogen and oxygen atoms in total. The van der Waals surface area contributed by atoms with Gasteiger partial charge in [-0.15, -0.1) is 0 Å². The Morgan fingerprint density at radius 1 is 1.09 bits per heavy atom. The van der Waals surface area contributed by atoms with E-state index in [9.17, 15) is 4.79 Å². The molecule has 0 atom stereocenters. The summed E-state index contributed by atoms with van der Waals surface area (Å²) in [5.41, 5.74) is 10.5. The number of ether oxygens (including phenoxy) is 1. The maximum absolute atomic E-state index is 12.9. The van der Waals surface area contributed by atoms with E-state index in [0.29, 0.717) is 6.61 Å². The van der Waals surface area contributed by atoms with Crippen LogP contribution in [0.3, 0.4) is 0 Å². The van der Waals surface area contributed by atoms with Gasteiger partial charge in [-0.3, -0.25) is 4.79 Å². The average Bonchev–Trinajstić information content (AvgIpc) is 3.35. The number of anilines is 1.